The molecule has 25 heavy (non-hydrogen) atoms. The van der Waals surface area contributed by atoms with Gasteiger partial charge in [-0.25, -0.2) is 4.57 Å². The van der Waals surface area contributed by atoms with Crippen molar-refractivity contribution >= 4 is 10.8 Å². The first-order chi connectivity index (χ1) is 12.1. The number of hydrogen-bond acceptors (Lipinski definition) is 1. The Morgan fingerprint density at radius 3 is 2.56 bits per heavy atom. The molecule has 0 fully saturated rings. The van der Waals surface area contributed by atoms with E-state index in [9.17, 15) is 0 Å². The minimum absolute atomic E-state index is 1.14. The molecule has 4 rings (SSSR count). The number of hydrogen-bond donors (Lipinski definition) is 0. The molecular formula is C23H21N2+. The van der Waals surface area contributed by atoms with Crippen LogP contribution in [0.3, 0.4) is 0 Å². The Kier molecular flexibility index (Phi) is 3.81. The highest BCUT2D eigenvalue weighted by atomic mass is 14.9. The standard InChI is InChI=1S/C23H21N2/c1-16-6-7-17(2)22(13-16)23-21-9-8-18(20-5-4-11-24-15-20)14-19(21)10-12-25(23)3/h4-15H,1-3H3/q+1. The lowest BCUT2D eigenvalue weighted by Crippen LogP contribution is -2.30. The molecule has 122 valence electrons. The van der Waals surface area contributed by atoms with Crippen molar-refractivity contribution in [1.82, 2.24) is 4.98 Å². The number of pyridine rings is 2. The summed E-state index contributed by atoms with van der Waals surface area (Å²) in [6.07, 6.45) is 5.87. The number of aryl methyl sites for hydroxylation is 3. The van der Waals surface area contributed by atoms with E-state index >= 15 is 0 Å². The molecule has 2 aromatic heterocycles. The molecule has 0 atom stereocenters. The molecular weight excluding hydrogens is 304 g/mol. The van der Waals surface area contributed by atoms with Crippen LogP contribution in [0, 0.1) is 13.8 Å². The predicted octanol–water partition coefficient (Wildman–Crippen LogP) is 5.01. The van der Waals surface area contributed by atoms with Crippen molar-refractivity contribution in [2.75, 3.05) is 0 Å². The Morgan fingerprint density at radius 2 is 1.76 bits per heavy atom. The third kappa shape index (κ3) is 2.80. The smallest absolute Gasteiger partial charge is 0.220 e. The zero-order chi connectivity index (χ0) is 17.4. The molecule has 0 spiro atoms. The number of fused-ring (bicyclic) bond motifs is 1. The highest BCUT2D eigenvalue weighted by Crippen LogP contribution is 2.31. The molecule has 2 heteroatoms. The van der Waals surface area contributed by atoms with E-state index in [1.807, 2.05) is 18.5 Å². The molecule has 0 saturated carbocycles. The van der Waals surface area contributed by atoms with Crippen LogP contribution in [0.25, 0.3) is 33.2 Å². The van der Waals surface area contributed by atoms with E-state index < -0.39 is 0 Å². The quantitative estimate of drug-likeness (QED) is 0.473. The molecule has 2 nitrogen and oxygen atoms in total. The van der Waals surface area contributed by atoms with E-state index in [1.165, 1.54) is 38.7 Å². The normalized spacial score (nSPS) is 11.0. The fourth-order valence-corrected chi connectivity index (χ4v) is 3.41. The third-order valence-electron chi connectivity index (χ3n) is 4.78. The van der Waals surface area contributed by atoms with E-state index in [0.717, 1.165) is 5.56 Å². The van der Waals surface area contributed by atoms with Crippen molar-refractivity contribution in [3.8, 4) is 22.4 Å². The average molecular weight is 325 g/mol. The van der Waals surface area contributed by atoms with Crippen molar-refractivity contribution in [3.63, 3.8) is 0 Å². The van der Waals surface area contributed by atoms with E-state index in [4.69, 9.17) is 0 Å². The maximum Gasteiger partial charge on any atom is 0.220 e. The molecule has 0 amide bonds. The van der Waals surface area contributed by atoms with Crippen LogP contribution in [-0.2, 0) is 7.05 Å². The Labute approximate surface area is 148 Å². The van der Waals surface area contributed by atoms with Crippen LogP contribution in [0.5, 0.6) is 0 Å². The second-order valence-corrected chi connectivity index (χ2v) is 6.64. The first kappa shape index (κ1) is 15.5. The number of benzene rings is 2. The van der Waals surface area contributed by atoms with Crippen LogP contribution in [0.4, 0.5) is 0 Å². The number of nitrogens with zero attached hydrogens (tertiary/aromatic N) is 2. The minimum Gasteiger partial charge on any atom is -0.264 e. The molecule has 2 aromatic carbocycles. The highest BCUT2D eigenvalue weighted by molar-refractivity contribution is 5.96. The van der Waals surface area contributed by atoms with Gasteiger partial charge in [0.15, 0.2) is 6.20 Å². The first-order valence-corrected chi connectivity index (χ1v) is 8.54. The molecule has 0 radical (unpaired) electrons. The summed E-state index contributed by atoms with van der Waals surface area (Å²) >= 11 is 0. The summed E-state index contributed by atoms with van der Waals surface area (Å²) in [5.74, 6) is 0. The predicted molar refractivity (Wildman–Crippen MR) is 103 cm³/mol. The molecule has 0 aliphatic rings. The Morgan fingerprint density at radius 1 is 0.880 bits per heavy atom. The number of rotatable bonds is 2. The second-order valence-electron chi connectivity index (χ2n) is 6.64. The minimum atomic E-state index is 1.14. The highest BCUT2D eigenvalue weighted by Gasteiger charge is 2.17. The average Bonchev–Trinajstić information content (AvgIpc) is 2.64. The zero-order valence-corrected chi connectivity index (χ0v) is 14.8. The monoisotopic (exact) mass is 325 g/mol. The van der Waals surface area contributed by atoms with Crippen molar-refractivity contribution in [2.24, 2.45) is 7.05 Å². The van der Waals surface area contributed by atoms with Crippen molar-refractivity contribution in [2.45, 2.75) is 13.8 Å². The summed E-state index contributed by atoms with van der Waals surface area (Å²) in [7, 11) is 2.12. The van der Waals surface area contributed by atoms with Gasteiger partial charge in [-0.15, -0.1) is 0 Å². The third-order valence-corrected chi connectivity index (χ3v) is 4.78. The lowest BCUT2D eigenvalue weighted by atomic mass is 9.96. The van der Waals surface area contributed by atoms with Crippen molar-refractivity contribution in [3.05, 3.63) is 84.3 Å². The van der Waals surface area contributed by atoms with Crippen molar-refractivity contribution < 1.29 is 4.57 Å². The lowest BCUT2D eigenvalue weighted by molar-refractivity contribution is -0.659. The van der Waals surface area contributed by atoms with E-state index in [1.54, 1.807) is 0 Å². The van der Waals surface area contributed by atoms with Gasteiger partial charge in [-0.05, 0) is 54.6 Å². The summed E-state index contributed by atoms with van der Waals surface area (Å²) in [4.78, 5) is 4.24. The molecule has 0 saturated heterocycles. The SMILES string of the molecule is Cc1ccc(C)c(-c2c3ccc(-c4cccnc4)cc3cc[n+]2C)c1. The van der Waals surface area contributed by atoms with Crippen LogP contribution >= 0.6 is 0 Å². The van der Waals surface area contributed by atoms with Crippen LogP contribution < -0.4 is 4.57 Å². The molecule has 4 aromatic rings. The van der Waals surface area contributed by atoms with Gasteiger partial charge in [0, 0.05) is 29.6 Å². The summed E-state index contributed by atoms with van der Waals surface area (Å²) in [5.41, 5.74) is 7.47. The molecule has 0 aliphatic carbocycles. The Hall–Kier alpha value is -3.00. The van der Waals surface area contributed by atoms with E-state index in [2.05, 4.69) is 85.2 Å². The van der Waals surface area contributed by atoms with Crippen LogP contribution in [0.15, 0.2) is 73.2 Å². The topological polar surface area (TPSA) is 16.8 Å². The maximum absolute atomic E-state index is 4.24. The Balaban J connectivity index is 1.96. The molecule has 0 aliphatic heterocycles. The zero-order valence-electron chi connectivity index (χ0n) is 14.8. The molecule has 0 unspecified atom stereocenters. The van der Waals surface area contributed by atoms with Crippen LogP contribution in [-0.4, -0.2) is 4.98 Å². The van der Waals surface area contributed by atoms with E-state index in [0.29, 0.717) is 0 Å². The fourth-order valence-electron chi connectivity index (χ4n) is 3.41. The van der Waals surface area contributed by atoms with E-state index in [-0.39, 0.29) is 0 Å². The maximum atomic E-state index is 4.24. The van der Waals surface area contributed by atoms with Crippen molar-refractivity contribution in [1.29, 1.82) is 0 Å². The van der Waals surface area contributed by atoms with Gasteiger partial charge in [0.25, 0.3) is 0 Å². The van der Waals surface area contributed by atoms with Gasteiger partial charge in [0.05, 0.1) is 5.39 Å². The molecule has 2 heterocycles. The summed E-state index contributed by atoms with van der Waals surface area (Å²) in [6, 6.07) is 19.6. The van der Waals surface area contributed by atoms with Gasteiger partial charge in [-0.2, -0.15) is 0 Å². The van der Waals surface area contributed by atoms with Crippen LogP contribution in [0.1, 0.15) is 11.1 Å². The summed E-state index contributed by atoms with van der Waals surface area (Å²) < 4.78 is 2.22. The first-order valence-electron chi connectivity index (χ1n) is 8.54. The van der Waals surface area contributed by atoms with Gasteiger partial charge < -0.3 is 0 Å². The number of aromatic nitrogens is 2. The fraction of sp³-hybridized carbons (Fsp3) is 0.130. The second kappa shape index (κ2) is 6.14. The lowest BCUT2D eigenvalue weighted by Gasteiger charge is -2.10. The van der Waals surface area contributed by atoms with Gasteiger partial charge in [-0.1, -0.05) is 29.8 Å². The molecule has 0 bridgehead atoms. The van der Waals surface area contributed by atoms with Gasteiger partial charge >= 0.3 is 0 Å². The van der Waals surface area contributed by atoms with Gasteiger partial charge in [0.2, 0.25) is 5.69 Å². The Bertz CT molecular complexity index is 1070. The van der Waals surface area contributed by atoms with Gasteiger partial charge in [0.1, 0.15) is 7.05 Å². The summed E-state index contributed by atoms with van der Waals surface area (Å²) in [5, 5.41) is 2.52. The van der Waals surface area contributed by atoms with Gasteiger partial charge in [-0.3, -0.25) is 4.98 Å². The van der Waals surface area contributed by atoms with Crippen LogP contribution in [0.2, 0.25) is 0 Å². The largest absolute Gasteiger partial charge is 0.264 e. The summed E-state index contributed by atoms with van der Waals surface area (Å²) in [6.45, 7) is 4.33. The molecule has 0 N–H and O–H groups in total.